The molecular formula is C21H21N3O. The Balaban J connectivity index is 1.92. The number of hydrogen-bond acceptors (Lipinski definition) is 4. The molecular weight excluding hydrogens is 310 g/mol. The minimum atomic E-state index is 0.550. The molecule has 4 nitrogen and oxygen atoms in total. The molecule has 0 aliphatic rings. The molecule has 0 saturated carbocycles. The largest absolute Gasteiger partial charge is 0.437 e. The van der Waals surface area contributed by atoms with E-state index in [2.05, 4.69) is 40.9 Å². The van der Waals surface area contributed by atoms with Crippen molar-refractivity contribution < 1.29 is 4.42 Å². The van der Waals surface area contributed by atoms with Crippen molar-refractivity contribution in [1.82, 2.24) is 15.0 Å². The Hall–Kier alpha value is -2.75. The molecule has 4 aromatic rings. The van der Waals surface area contributed by atoms with Crippen molar-refractivity contribution in [1.29, 1.82) is 0 Å². The number of aromatic nitrogens is 3. The van der Waals surface area contributed by atoms with E-state index >= 15 is 0 Å². The lowest BCUT2D eigenvalue weighted by atomic mass is 9.93. The number of hydrogen-bond donors (Lipinski definition) is 0. The first kappa shape index (κ1) is 15.8. The number of aryl methyl sites for hydroxylation is 1. The first-order valence-electron chi connectivity index (χ1n) is 8.81. The molecule has 4 rings (SSSR count). The van der Waals surface area contributed by atoms with E-state index in [0.29, 0.717) is 11.6 Å². The standard InChI is InChI=1S/C21H21N3O/c1-4-14(5-2)15-8-9-23-19(10-15)18-12-22-11-17-16-7-6-13(3)24-21(16)25-20(17)18/h6-12,14H,4-5H2,1-3H3. The summed E-state index contributed by atoms with van der Waals surface area (Å²) < 4.78 is 6.08. The van der Waals surface area contributed by atoms with E-state index in [1.165, 1.54) is 5.56 Å². The van der Waals surface area contributed by atoms with E-state index in [-0.39, 0.29) is 0 Å². The molecule has 0 unspecified atom stereocenters. The summed E-state index contributed by atoms with van der Waals surface area (Å²) in [5, 5.41) is 1.97. The van der Waals surface area contributed by atoms with E-state index in [1.54, 1.807) is 0 Å². The van der Waals surface area contributed by atoms with Crippen molar-refractivity contribution in [3.05, 3.63) is 54.1 Å². The van der Waals surface area contributed by atoms with Gasteiger partial charge in [0, 0.05) is 35.1 Å². The Morgan fingerprint density at radius 1 is 1.04 bits per heavy atom. The molecule has 0 spiro atoms. The molecule has 0 bridgehead atoms. The molecule has 0 N–H and O–H groups in total. The van der Waals surface area contributed by atoms with Gasteiger partial charge in [-0.3, -0.25) is 9.97 Å². The average molecular weight is 331 g/mol. The molecule has 0 aromatic carbocycles. The quantitative estimate of drug-likeness (QED) is 0.485. The highest BCUT2D eigenvalue weighted by molar-refractivity contribution is 6.07. The fraction of sp³-hybridized carbons (Fsp3) is 0.286. The van der Waals surface area contributed by atoms with Crippen LogP contribution in [0.4, 0.5) is 0 Å². The van der Waals surface area contributed by atoms with Crippen LogP contribution in [-0.4, -0.2) is 15.0 Å². The van der Waals surface area contributed by atoms with Gasteiger partial charge >= 0.3 is 0 Å². The van der Waals surface area contributed by atoms with Crippen LogP contribution in [-0.2, 0) is 0 Å². The lowest BCUT2D eigenvalue weighted by Crippen LogP contribution is -1.97. The molecule has 0 atom stereocenters. The van der Waals surface area contributed by atoms with Gasteiger partial charge in [-0.25, -0.2) is 4.98 Å². The van der Waals surface area contributed by atoms with Gasteiger partial charge in [-0.1, -0.05) is 13.8 Å². The predicted octanol–water partition coefficient (Wildman–Crippen LogP) is 5.65. The van der Waals surface area contributed by atoms with Crippen LogP contribution >= 0.6 is 0 Å². The van der Waals surface area contributed by atoms with Gasteiger partial charge in [-0.15, -0.1) is 0 Å². The highest BCUT2D eigenvalue weighted by Gasteiger charge is 2.16. The second kappa shape index (κ2) is 6.28. The Bertz CT molecular complexity index is 1050. The van der Waals surface area contributed by atoms with Gasteiger partial charge in [0.05, 0.1) is 11.3 Å². The maximum atomic E-state index is 6.08. The Kier molecular flexibility index (Phi) is 3.96. The highest BCUT2D eigenvalue weighted by atomic mass is 16.3. The Morgan fingerprint density at radius 3 is 2.68 bits per heavy atom. The highest BCUT2D eigenvalue weighted by Crippen LogP contribution is 2.34. The third-order valence-electron chi connectivity index (χ3n) is 4.90. The topological polar surface area (TPSA) is 51.8 Å². The number of fused-ring (bicyclic) bond motifs is 3. The molecule has 0 radical (unpaired) electrons. The number of rotatable bonds is 4. The first-order valence-corrected chi connectivity index (χ1v) is 8.81. The van der Waals surface area contributed by atoms with Gasteiger partial charge in [0.15, 0.2) is 0 Å². The van der Waals surface area contributed by atoms with Crippen LogP contribution < -0.4 is 0 Å². The summed E-state index contributed by atoms with van der Waals surface area (Å²) in [6.07, 6.45) is 7.79. The Morgan fingerprint density at radius 2 is 1.88 bits per heavy atom. The van der Waals surface area contributed by atoms with Crippen molar-refractivity contribution in [2.75, 3.05) is 0 Å². The molecule has 0 amide bonds. The van der Waals surface area contributed by atoms with Crippen LogP contribution in [0, 0.1) is 6.92 Å². The summed E-state index contributed by atoms with van der Waals surface area (Å²) in [4.78, 5) is 13.5. The number of nitrogens with zero attached hydrogens (tertiary/aromatic N) is 3. The van der Waals surface area contributed by atoms with Crippen molar-refractivity contribution in [3.8, 4) is 11.3 Å². The zero-order valence-corrected chi connectivity index (χ0v) is 14.8. The van der Waals surface area contributed by atoms with Gasteiger partial charge in [0.25, 0.3) is 0 Å². The van der Waals surface area contributed by atoms with E-state index in [4.69, 9.17) is 4.42 Å². The SMILES string of the molecule is CCC(CC)c1ccnc(-c2cncc3c2oc2nc(C)ccc23)c1. The second-order valence-electron chi connectivity index (χ2n) is 6.46. The van der Waals surface area contributed by atoms with Crippen LogP contribution in [0.5, 0.6) is 0 Å². The van der Waals surface area contributed by atoms with Crippen molar-refractivity contribution >= 4 is 22.1 Å². The van der Waals surface area contributed by atoms with Gasteiger partial charge in [0.1, 0.15) is 5.58 Å². The third-order valence-corrected chi connectivity index (χ3v) is 4.90. The maximum Gasteiger partial charge on any atom is 0.227 e. The van der Waals surface area contributed by atoms with Gasteiger partial charge in [0.2, 0.25) is 5.71 Å². The summed E-state index contributed by atoms with van der Waals surface area (Å²) in [6, 6.07) is 8.32. The minimum Gasteiger partial charge on any atom is -0.437 e. The predicted molar refractivity (Wildman–Crippen MR) is 101 cm³/mol. The summed E-state index contributed by atoms with van der Waals surface area (Å²) in [5.74, 6) is 0.550. The number of pyridine rings is 3. The lowest BCUT2D eigenvalue weighted by molar-refractivity contribution is 0.641. The maximum absolute atomic E-state index is 6.08. The van der Waals surface area contributed by atoms with Crippen LogP contribution in [0.2, 0.25) is 0 Å². The van der Waals surface area contributed by atoms with Crippen LogP contribution in [0.15, 0.2) is 47.3 Å². The van der Waals surface area contributed by atoms with E-state index in [0.717, 1.165) is 46.1 Å². The van der Waals surface area contributed by atoms with Gasteiger partial charge in [-0.05, 0) is 55.5 Å². The normalized spacial score (nSPS) is 11.7. The molecule has 4 aromatic heterocycles. The van der Waals surface area contributed by atoms with E-state index in [1.807, 2.05) is 37.6 Å². The smallest absolute Gasteiger partial charge is 0.227 e. The van der Waals surface area contributed by atoms with E-state index < -0.39 is 0 Å². The fourth-order valence-corrected chi connectivity index (χ4v) is 3.45. The fourth-order valence-electron chi connectivity index (χ4n) is 3.45. The molecule has 4 heteroatoms. The number of furan rings is 1. The van der Waals surface area contributed by atoms with Crippen molar-refractivity contribution in [2.24, 2.45) is 0 Å². The second-order valence-corrected chi connectivity index (χ2v) is 6.46. The van der Waals surface area contributed by atoms with Crippen LogP contribution in [0.25, 0.3) is 33.3 Å². The summed E-state index contributed by atoms with van der Waals surface area (Å²) in [7, 11) is 0. The third kappa shape index (κ3) is 2.68. The molecule has 0 fully saturated rings. The minimum absolute atomic E-state index is 0.550. The van der Waals surface area contributed by atoms with E-state index in [9.17, 15) is 0 Å². The monoisotopic (exact) mass is 331 g/mol. The summed E-state index contributed by atoms with van der Waals surface area (Å²) >= 11 is 0. The molecule has 126 valence electrons. The van der Waals surface area contributed by atoms with Crippen LogP contribution in [0.1, 0.15) is 43.9 Å². The zero-order valence-electron chi connectivity index (χ0n) is 14.8. The average Bonchev–Trinajstić information content (AvgIpc) is 3.00. The van der Waals surface area contributed by atoms with Crippen molar-refractivity contribution in [3.63, 3.8) is 0 Å². The molecule has 0 aliphatic heterocycles. The van der Waals surface area contributed by atoms with Gasteiger partial charge < -0.3 is 4.42 Å². The van der Waals surface area contributed by atoms with Gasteiger partial charge in [-0.2, -0.15) is 0 Å². The molecule has 4 heterocycles. The Labute approximate surface area is 146 Å². The summed E-state index contributed by atoms with van der Waals surface area (Å²) in [6.45, 7) is 6.42. The molecule has 0 saturated heterocycles. The zero-order chi connectivity index (χ0) is 17.4. The van der Waals surface area contributed by atoms with Crippen molar-refractivity contribution in [2.45, 2.75) is 39.5 Å². The molecule has 0 aliphatic carbocycles. The lowest BCUT2D eigenvalue weighted by Gasteiger charge is -2.13. The van der Waals surface area contributed by atoms with Crippen LogP contribution in [0.3, 0.4) is 0 Å². The first-order chi connectivity index (χ1) is 12.2. The summed E-state index contributed by atoms with van der Waals surface area (Å²) in [5.41, 5.74) is 5.53. The molecule has 25 heavy (non-hydrogen) atoms.